The Morgan fingerprint density at radius 3 is 2.27 bits per heavy atom. The first kappa shape index (κ1) is 19.8. The Balaban J connectivity index is 2.08. The first-order valence-corrected chi connectivity index (χ1v) is 7.56. The molecule has 0 N–H and O–H groups in total. The third-order valence-corrected chi connectivity index (χ3v) is 3.59. The minimum absolute atomic E-state index is 0.00411. The molecular weight excluding hydrogens is 362 g/mol. The van der Waals surface area contributed by atoms with Gasteiger partial charge in [0.15, 0.2) is 0 Å². The summed E-state index contributed by atoms with van der Waals surface area (Å²) in [4.78, 5) is 10.7. The number of aldehydes is 1. The largest absolute Gasteiger partial charge is 0.494 e. The van der Waals surface area contributed by atoms with Crippen LogP contribution in [0.5, 0.6) is 5.75 Å². The van der Waals surface area contributed by atoms with Crippen LogP contribution in [0.4, 0.5) is 26.3 Å². The van der Waals surface area contributed by atoms with Gasteiger partial charge in [0.25, 0.3) is 0 Å². The van der Waals surface area contributed by atoms with Gasteiger partial charge in [-0.3, -0.25) is 4.79 Å². The Bertz CT molecular complexity index is 765. The molecule has 0 aromatic heterocycles. The molecule has 0 radical (unpaired) electrons. The molecule has 0 aliphatic rings. The molecule has 0 saturated heterocycles. The molecule has 0 aliphatic heterocycles. The molecule has 2 aromatic rings. The van der Waals surface area contributed by atoms with E-state index in [9.17, 15) is 31.1 Å². The van der Waals surface area contributed by atoms with Crippen LogP contribution in [-0.4, -0.2) is 12.9 Å². The van der Waals surface area contributed by atoms with Crippen LogP contribution in [0.1, 0.15) is 33.5 Å². The lowest BCUT2D eigenvalue weighted by Gasteiger charge is -2.16. The molecule has 0 saturated carbocycles. The fraction of sp³-hybridized carbons (Fsp3) is 0.278. The molecule has 2 nitrogen and oxygen atoms in total. The average Bonchev–Trinajstić information content (AvgIpc) is 2.57. The number of hydrogen-bond donors (Lipinski definition) is 0. The van der Waals surface area contributed by atoms with Gasteiger partial charge in [0.05, 0.1) is 17.7 Å². The van der Waals surface area contributed by atoms with Gasteiger partial charge in [0, 0.05) is 5.56 Å². The second-order valence-corrected chi connectivity index (χ2v) is 5.51. The molecule has 0 heterocycles. The van der Waals surface area contributed by atoms with Gasteiger partial charge in [-0.25, -0.2) is 0 Å². The van der Waals surface area contributed by atoms with Crippen molar-refractivity contribution < 1.29 is 35.9 Å². The van der Waals surface area contributed by atoms with Crippen molar-refractivity contribution in [1.82, 2.24) is 0 Å². The summed E-state index contributed by atoms with van der Waals surface area (Å²) in [5.74, 6) is 0.356. The number of benzene rings is 2. The zero-order chi connectivity index (χ0) is 19.4. The number of rotatable bonds is 6. The zero-order valence-corrected chi connectivity index (χ0v) is 13.3. The van der Waals surface area contributed by atoms with E-state index in [1.54, 1.807) is 18.2 Å². The van der Waals surface area contributed by atoms with E-state index in [0.717, 1.165) is 0 Å². The van der Waals surface area contributed by atoms with Gasteiger partial charge in [-0.05, 0) is 48.7 Å². The maximum Gasteiger partial charge on any atom is 0.416 e. The molecule has 0 fully saturated rings. The van der Waals surface area contributed by atoms with Crippen LogP contribution >= 0.6 is 0 Å². The van der Waals surface area contributed by atoms with Crippen LogP contribution in [0, 0.1) is 0 Å². The highest BCUT2D eigenvalue weighted by atomic mass is 19.4. The Morgan fingerprint density at radius 2 is 1.65 bits per heavy atom. The number of aryl methyl sites for hydroxylation is 1. The van der Waals surface area contributed by atoms with Crippen LogP contribution in [0.15, 0.2) is 42.5 Å². The molecule has 0 unspecified atom stereocenters. The van der Waals surface area contributed by atoms with Crippen molar-refractivity contribution >= 4 is 6.29 Å². The highest BCUT2D eigenvalue weighted by Gasteiger charge is 2.36. The Labute approximate surface area is 145 Å². The van der Waals surface area contributed by atoms with Crippen molar-refractivity contribution in [3.05, 3.63) is 64.7 Å². The Kier molecular flexibility index (Phi) is 5.94. The number of carbonyl (C=O) groups is 1. The molecule has 26 heavy (non-hydrogen) atoms. The van der Waals surface area contributed by atoms with Crippen molar-refractivity contribution in [2.45, 2.75) is 25.2 Å². The van der Waals surface area contributed by atoms with E-state index in [-0.39, 0.29) is 19.4 Å². The first-order valence-electron chi connectivity index (χ1n) is 7.56. The summed E-state index contributed by atoms with van der Waals surface area (Å²) in [6, 6.07) is 7.55. The van der Waals surface area contributed by atoms with E-state index in [2.05, 4.69) is 0 Å². The fourth-order valence-corrected chi connectivity index (χ4v) is 2.38. The van der Waals surface area contributed by atoms with Gasteiger partial charge < -0.3 is 4.74 Å². The fourth-order valence-electron chi connectivity index (χ4n) is 2.38. The summed E-state index contributed by atoms with van der Waals surface area (Å²) in [5.41, 5.74) is -2.27. The summed E-state index contributed by atoms with van der Waals surface area (Å²) >= 11 is 0. The Hall–Kier alpha value is -2.51. The van der Waals surface area contributed by atoms with E-state index in [4.69, 9.17) is 4.74 Å². The summed E-state index contributed by atoms with van der Waals surface area (Å²) in [6.07, 6.45) is -8.99. The molecule has 8 heteroatoms. The second-order valence-electron chi connectivity index (χ2n) is 5.51. The molecule has 2 aromatic carbocycles. The topological polar surface area (TPSA) is 26.3 Å². The minimum atomic E-state index is -4.74. The van der Waals surface area contributed by atoms with Gasteiger partial charge in [-0.15, -0.1) is 0 Å². The first-order chi connectivity index (χ1) is 12.1. The van der Waals surface area contributed by atoms with Crippen molar-refractivity contribution in [3.63, 3.8) is 0 Å². The third-order valence-electron chi connectivity index (χ3n) is 3.59. The number of hydrogen-bond acceptors (Lipinski definition) is 2. The quantitative estimate of drug-likeness (QED) is 0.375. The second kappa shape index (κ2) is 7.80. The normalized spacial score (nSPS) is 12.1. The maximum atomic E-state index is 13.0. The van der Waals surface area contributed by atoms with E-state index < -0.39 is 29.0 Å². The van der Waals surface area contributed by atoms with Crippen LogP contribution in [0.3, 0.4) is 0 Å². The molecule has 2 rings (SSSR count). The molecule has 0 amide bonds. The molecular formula is C18H14F6O2. The predicted molar refractivity (Wildman–Crippen MR) is 82.1 cm³/mol. The average molecular weight is 376 g/mol. The van der Waals surface area contributed by atoms with Gasteiger partial charge in [-0.1, -0.05) is 12.1 Å². The maximum absolute atomic E-state index is 13.0. The third kappa shape index (κ3) is 5.24. The van der Waals surface area contributed by atoms with E-state index in [0.29, 0.717) is 35.8 Å². The monoisotopic (exact) mass is 376 g/mol. The smallest absolute Gasteiger partial charge is 0.416 e. The van der Waals surface area contributed by atoms with Gasteiger partial charge in [0.1, 0.15) is 12.0 Å². The number of ether oxygens (including phenoxy) is 1. The predicted octanol–water partition coefficient (Wildman–Crippen LogP) is 5.55. The highest BCUT2D eigenvalue weighted by Crippen LogP contribution is 2.37. The van der Waals surface area contributed by atoms with Crippen LogP contribution in [0.2, 0.25) is 0 Å². The van der Waals surface area contributed by atoms with Crippen molar-refractivity contribution in [2.24, 2.45) is 0 Å². The lowest BCUT2D eigenvalue weighted by atomic mass is 9.99. The zero-order valence-electron chi connectivity index (χ0n) is 13.3. The molecule has 140 valence electrons. The van der Waals surface area contributed by atoms with Gasteiger partial charge in [-0.2, -0.15) is 26.3 Å². The lowest BCUT2D eigenvalue weighted by Crippen LogP contribution is -2.13. The van der Waals surface area contributed by atoms with E-state index >= 15 is 0 Å². The summed E-state index contributed by atoms with van der Waals surface area (Å²) < 4.78 is 82.5. The number of alkyl halides is 6. The summed E-state index contributed by atoms with van der Waals surface area (Å²) in [6.45, 7) is -0.00411. The van der Waals surface area contributed by atoms with Crippen molar-refractivity contribution in [1.29, 1.82) is 0 Å². The van der Waals surface area contributed by atoms with Crippen LogP contribution in [0.25, 0.3) is 0 Å². The van der Waals surface area contributed by atoms with Crippen LogP contribution < -0.4 is 4.74 Å². The molecule has 0 bridgehead atoms. The number of carbonyl (C=O) groups excluding carboxylic acids is 1. The highest BCUT2D eigenvalue weighted by molar-refractivity contribution is 5.75. The van der Waals surface area contributed by atoms with Crippen LogP contribution in [-0.2, 0) is 18.8 Å². The van der Waals surface area contributed by atoms with E-state index in [1.807, 2.05) is 0 Å². The molecule has 0 aliphatic carbocycles. The number of halogens is 6. The summed E-state index contributed by atoms with van der Waals surface area (Å²) in [5, 5.41) is 0. The van der Waals surface area contributed by atoms with E-state index in [1.165, 1.54) is 6.07 Å². The lowest BCUT2D eigenvalue weighted by molar-refractivity contribution is -0.141. The standard InChI is InChI=1S/C18H14F6O2/c19-17(20,21)14-6-7-16(18(22,23)24)13(10-14)4-2-8-26-15-5-1-3-12(9-15)11-25/h1,3,5-7,9-11H,2,4,8H2. The van der Waals surface area contributed by atoms with Crippen molar-refractivity contribution in [3.8, 4) is 5.75 Å². The minimum Gasteiger partial charge on any atom is -0.494 e. The Morgan fingerprint density at radius 1 is 0.923 bits per heavy atom. The molecule has 0 atom stereocenters. The molecule has 0 spiro atoms. The van der Waals surface area contributed by atoms with Gasteiger partial charge >= 0.3 is 12.4 Å². The summed E-state index contributed by atoms with van der Waals surface area (Å²) in [7, 11) is 0. The van der Waals surface area contributed by atoms with Crippen molar-refractivity contribution in [2.75, 3.05) is 6.61 Å². The van der Waals surface area contributed by atoms with Gasteiger partial charge in [0.2, 0.25) is 0 Å². The SMILES string of the molecule is O=Cc1cccc(OCCCc2cc(C(F)(F)F)ccc2C(F)(F)F)c1.